The highest BCUT2D eigenvalue weighted by Gasteiger charge is 2.34. The van der Waals surface area contributed by atoms with Crippen molar-refractivity contribution in [3.05, 3.63) is 22.8 Å². The van der Waals surface area contributed by atoms with Gasteiger partial charge in [0.25, 0.3) is 5.91 Å². The molecule has 2 unspecified atom stereocenters. The molecule has 0 saturated heterocycles. The maximum atomic E-state index is 12.5. The van der Waals surface area contributed by atoms with Crippen LogP contribution < -0.4 is 16.4 Å². The summed E-state index contributed by atoms with van der Waals surface area (Å²) < 4.78 is 0. The fourth-order valence-electron chi connectivity index (χ4n) is 1.99. The number of oxime groups is 1. The summed E-state index contributed by atoms with van der Waals surface area (Å²) in [6.45, 7) is 0. The molecule has 0 fully saturated rings. The molecule has 13 heteroatoms. The van der Waals surface area contributed by atoms with Crippen LogP contribution in [0.3, 0.4) is 0 Å². The summed E-state index contributed by atoms with van der Waals surface area (Å²) in [5.41, 5.74) is 5.28. The van der Waals surface area contributed by atoms with Gasteiger partial charge in [0.05, 0.1) is 0 Å². The molecule has 1 aromatic rings. The van der Waals surface area contributed by atoms with Crippen molar-refractivity contribution in [1.82, 2.24) is 15.6 Å². The molecule has 11 nitrogen and oxygen atoms in total. The Balaban J connectivity index is 2.19. The van der Waals surface area contributed by atoms with Crippen LogP contribution in [0.1, 0.15) is 5.69 Å². The van der Waals surface area contributed by atoms with Crippen molar-refractivity contribution < 1.29 is 29.4 Å². The number of carboxylic acid groups (broad SMARTS) is 2. The fourth-order valence-corrected chi connectivity index (χ4v) is 3.59. The highest BCUT2D eigenvalue weighted by molar-refractivity contribution is 8.00. The average molecular weight is 401 g/mol. The summed E-state index contributed by atoms with van der Waals surface area (Å²) in [7, 11) is 1.22. The van der Waals surface area contributed by atoms with Crippen molar-refractivity contribution in [3.63, 3.8) is 0 Å². The average Bonchev–Trinajstić information content (AvgIpc) is 3.03. The zero-order valence-corrected chi connectivity index (χ0v) is 15.0. The van der Waals surface area contributed by atoms with Gasteiger partial charge in [-0.15, -0.1) is 23.1 Å². The van der Waals surface area contributed by atoms with Crippen LogP contribution in [0.15, 0.2) is 22.3 Å². The molecular weight excluding hydrogens is 386 g/mol. The summed E-state index contributed by atoms with van der Waals surface area (Å²) in [5, 5.41) is 27.7. The van der Waals surface area contributed by atoms with Gasteiger partial charge in [-0.1, -0.05) is 5.16 Å². The molecule has 2 heterocycles. The second kappa shape index (κ2) is 8.53. The van der Waals surface area contributed by atoms with Crippen molar-refractivity contribution in [2.75, 3.05) is 18.6 Å². The third-order valence-electron chi connectivity index (χ3n) is 3.11. The molecule has 0 radical (unpaired) electrons. The second-order valence-electron chi connectivity index (χ2n) is 4.80. The van der Waals surface area contributed by atoms with E-state index in [-0.39, 0.29) is 28.0 Å². The van der Waals surface area contributed by atoms with E-state index in [0.717, 1.165) is 23.1 Å². The Morgan fingerprint density at radius 1 is 1.50 bits per heavy atom. The van der Waals surface area contributed by atoms with E-state index in [2.05, 4.69) is 25.6 Å². The minimum atomic E-state index is -1.42. The molecule has 0 saturated carbocycles. The Labute approximate surface area is 155 Å². The molecule has 6 N–H and O–H groups in total. The molecule has 2 atom stereocenters. The van der Waals surface area contributed by atoms with Gasteiger partial charge in [-0.3, -0.25) is 4.79 Å². The number of hydrogen-bond donors (Lipinski definition) is 5. The zero-order valence-electron chi connectivity index (χ0n) is 13.3. The Bertz CT molecular complexity index is 777. The molecule has 1 amide bonds. The molecule has 1 aliphatic heterocycles. The van der Waals surface area contributed by atoms with E-state index >= 15 is 0 Å². The number of thiazole rings is 1. The van der Waals surface area contributed by atoms with Crippen molar-refractivity contribution in [2.45, 2.75) is 11.4 Å². The van der Waals surface area contributed by atoms with Crippen LogP contribution in [0, 0.1) is 0 Å². The number of anilines is 1. The van der Waals surface area contributed by atoms with E-state index in [0.29, 0.717) is 0 Å². The predicted molar refractivity (Wildman–Crippen MR) is 94.7 cm³/mol. The lowest BCUT2D eigenvalue weighted by atomic mass is 10.2. The molecule has 1 aliphatic rings. The Kier molecular flexibility index (Phi) is 6.41. The van der Waals surface area contributed by atoms with E-state index in [1.165, 1.54) is 18.6 Å². The first-order valence-corrected chi connectivity index (χ1v) is 8.94. The van der Waals surface area contributed by atoms with E-state index in [1.54, 1.807) is 0 Å². The number of amides is 1. The van der Waals surface area contributed by atoms with Crippen LogP contribution in [0.5, 0.6) is 0 Å². The quantitative estimate of drug-likeness (QED) is 0.289. The summed E-state index contributed by atoms with van der Waals surface area (Å²) in [4.78, 5) is 43.7. The molecular formula is C13H15N5O6S2. The molecule has 0 bridgehead atoms. The topological polar surface area (TPSA) is 176 Å². The molecule has 0 aromatic carbocycles. The Morgan fingerprint density at radius 2 is 2.23 bits per heavy atom. The third-order valence-corrected chi connectivity index (χ3v) is 4.89. The fraction of sp³-hybridized carbons (Fsp3) is 0.308. The zero-order chi connectivity index (χ0) is 19.3. The molecule has 0 spiro atoms. The summed E-state index contributed by atoms with van der Waals surface area (Å²) in [6.07, 6.45) is 1.42. The lowest BCUT2D eigenvalue weighted by Crippen LogP contribution is -2.55. The van der Waals surface area contributed by atoms with Crippen LogP contribution >= 0.6 is 23.1 Å². The molecule has 140 valence electrons. The van der Waals surface area contributed by atoms with Gasteiger partial charge in [0.15, 0.2) is 16.9 Å². The highest BCUT2D eigenvalue weighted by atomic mass is 32.2. The number of nitrogens with zero attached hydrogens (tertiary/aromatic N) is 2. The largest absolute Gasteiger partial charge is 0.480 e. The lowest BCUT2D eigenvalue weighted by molar-refractivity contribution is -0.141. The highest BCUT2D eigenvalue weighted by Crippen LogP contribution is 2.20. The van der Waals surface area contributed by atoms with Gasteiger partial charge in [0, 0.05) is 11.1 Å². The number of nitrogens with two attached hydrogens (primary N) is 1. The van der Waals surface area contributed by atoms with Gasteiger partial charge < -0.3 is 31.4 Å². The van der Waals surface area contributed by atoms with Gasteiger partial charge in [0.2, 0.25) is 0 Å². The molecule has 1 aromatic heterocycles. The number of aromatic nitrogens is 1. The van der Waals surface area contributed by atoms with Gasteiger partial charge in [-0.25, -0.2) is 14.6 Å². The number of hydrogen-bond acceptors (Lipinski definition) is 10. The smallest absolute Gasteiger partial charge is 0.351 e. The summed E-state index contributed by atoms with van der Waals surface area (Å²) >= 11 is 2.21. The predicted octanol–water partition coefficient (Wildman–Crippen LogP) is -0.724. The van der Waals surface area contributed by atoms with E-state index < -0.39 is 29.3 Å². The number of carboxylic acids is 2. The van der Waals surface area contributed by atoms with E-state index in [4.69, 9.17) is 10.8 Å². The summed E-state index contributed by atoms with van der Waals surface area (Å²) in [6, 6.07) is -1.42. The van der Waals surface area contributed by atoms with Crippen LogP contribution in [0.2, 0.25) is 0 Å². The Morgan fingerprint density at radius 3 is 2.77 bits per heavy atom. The first-order valence-electron chi connectivity index (χ1n) is 7.01. The summed E-state index contributed by atoms with van der Waals surface area (Å²) in [5.74, 6) is -3.13. The number of rotatable bonds is 7. The SMILES string of the molecule is CO/N=C(/C(=O)NC(C(=O)O)C1NC(C(=O)O)=CCS1)c1csc(N)n1. The van der Waals surface area contributed by atoms with Crippen molar-refractivity contribution >= 4 is 51.8 Å². The normalized spacial score (nSPS) is 18.3. The van der Waals surface area contributed by atoms with Crippen LogP contribution in [0.4, 0.5) is 5.13 Å². The monoisotopic (exact) mass is 401 g/mol. The first kappa shape index (κ1) is 19.5. The van der Waals surface area contributed by atoms with Crippen LogP contribution in [-0.4, -0.2) is 63.0 Å². The Hall–Kier alpha value is -2.80. The number of aliphatic carboxylic acids is 2. The molecule has 0 aliphatic carbocycles. The standard InChI is InChI=1S/C13H15N5O6S2/c1-24-18-7(6-4-26-13(14)16-6)9(19)17-8(12(22)23)10-15-5(11(20)21)2-3-25-10/h2,4,8,10,15H,3H2,1H3,(H2,14,16)(H,17,19)(H,20,21)(H,22,23)/b18-7+. The molecule has 26 heavy (non-hydrogen) atoms. The first-order chi connectivity index (χ1) is 12.3. The molecule has 2 rings (SSSR count). The number of carbonyl (C=O) groups is 3. The maximum absolute atomic E-state index is 12.5. The van der Waals surface area contributed by atoms with Gasteiger partial charge in [-0.2, -0.15) is 0 Å². The van der Waals surface area contributed by atoms with Crippen molar-refractivity contribution in [2.24, 2.45) is 5.16 Å². The number of thioether (sulfide) groups is 1. The van der Waals surface area contributed by atoms with Gasteiger partial charge >= 0.3 is 11.9 Å². The maximum Gasteiger partial charge on any atom is 0.351 e. The van der Waals surface area contributed by atoms with Crippen molar-refractivity contribution in [1.29, 1.82) is 0 Å². The third kappa shape index (κ3) is 4.64. The van der Waals surface area contributed by atoms with Crippen molar-refractivity contribution in [3.8, 4) is 0 Å². The second-order valence-corrected chi connectivity index (χ2v) is 6.87. The van der Waals surface area contributed by atoms with Gasteiger partial charge in [0.1, 0.15) is 23.9 Å². The minimum Gasteiger partial charge on any atom is -0.480 e. The van der Waals surface area contributed by atoms with Crippen LogP contribution in [0.25, 0.3) is 0 Å². The van der Waals surface area contributed by atoms with Gasteiger partial charge in [-0.05, 0) is 6.08 Å². The minimum absolute atomic E-state index is 0.131. The number of carbonyl (C=O) groups excluding carboxylic acids is 1. The number of nitrogen functional groups attached to an aromatic ring is 1. The van der Waals surface area contributed by atoms with E-state index in [1.807, 2.05) is 0 Å². The number of nitrogens with one attached hydrogen (secondary N) is 2. The van der Waals surface area contributed by atoms with E-state index in [9.17, 15) is 19.5 Å². The lowest BCUT2D eigenvalue weighted by Gasteiger charge is -2.28. The van der Waals surface area contributed by atoms with Crippen LogP contribution in [-0.2, 0) is 19.2 Å².